The molecule has 3 aromatic rings. The van der Waals surface area contributed by atoms with E-state index in [4.69, 9.17) is 15.2 Å². The molecule has 1 aliphatic carbocycles. The van der Waals surface area contributed by atoms with E-state index < -0.39 is 11.3 Å². The second kappa shape index (κ2) is 7.78. The number of benzene rings is 3. The number of Topliss-reactive ketones (excluding diaryl/α,β-unsaturated/α-hetero) is 1. The third-order valence-electron chi connectivity index (χ3n) is 6.53. The Morgan fingerprint density at radius 2 is 1.88 bits per heavy atom. The lowest BCUT2D eigenvalue weighted by atomic mass is 9.83. The minimum atomic E-state index is -2.01. The number of nitrogen functional groups attached to an aromatic ring is 1. The number of ketones is 1. The zero-order chi connectivity index (χ0) is 24.3. The number of carbonyl (C=O) groups is 1. The Balaban J connectivity index is 1.68. The predicted octanol–water partition coefficient (Wildman–Crippen LogP) is 2.51. The van der Waals surface area contributed by atoms with Crippen LogP contribution in [0.5, 0.6) is 11.5 Å². The van der Waals surface area contributed by atoms with Crippen LogP contribution in [0, 0.1) is 0 Å². The molecule has 2 unspecified atom stereocenters. The Morgan fingerprint density at radius 1 is 1.15 bits per heavy atom. The summed E-state index contributed by atoms with van der Waals surface area (Å²) in [5.74, 6) is -1.00. The molecule has 3 aromatic carbocycles. The van der Waals surface area contributed by atoms with Crippen LogP contribution >= 0.6 is 12.6 Å². The maximum absolute atomic E-state index is 14.0. The van der Waals surface area contributed by atoms with Gasteiger partial charge < -0.3 is 20.3 Å². The van der Waals surface area contributed by atoms with Crippen molar-refractivity contribution in [3.63, 3.8) is 0 Å². The summed E-state index contributed by atoms with van der Waals surface area (Å²) in [6.45, 7) is 4.14. The molecular formula is C26H26N3O4S+. The normalized spacial score (nSPS) is 22.8. The van der Waals surface area contributed by atoms with Crippen molar-refractivity contribution >= 4 is 35.0 Å². The predicted molar refractivity (Wildman–Crippen MR) is 133 cm³/mol. The molecule has 0 amide bonds. The van der Waals surface area contributed by atoms with E-state index in [1.54, 1.807) is 37.4 Å². The van der Waals surface area contributed by atoms with Gasteiger partial charge in [-0.05, 0) is 53.9 Å². The summed E-state index contributed by atoms with van der Waals surface area (Å²) in [6.07, 6.45) is 0. The van der Waals surface area contributed by atoms with Crippen LogP contribution in [0.1, 0.15) is 46.8 Å². The Labute approximate surface area is 203 Å². The van der Waals surface area contributed by atoms with Gasteiger partial charge >= 0.3 is 5.17 Å². The number of aliphatic hydroxyl groups is 1. The van der Waals surface area contributed by atoms with Crippen LogP contribution in [0.3, 0.4) is 0 Å². The van der Waals surface area contributed by atoms with E-state index >= 15 is 0 Å². The zero-order valence-corrected chi connectivity index (χ0v) is 19.9. The average molecular weight is 477 g/mol. The highest BCUT2D eigenvalue weighted by molar-refractivity contribution is 7.96. The quantitative estimate of drug-likeness (QED) is 0.171. The van der Waals surface area contributed by atoms with Crippen LogP contribution in [0.4, 0.5) is 11.4 Å². The Kier molecular flexibility index (Phi) is 5.11. The van der Waals surface area contributed by atoms with Crippen LogP contribution in [-0.4, -0.2) is 23.2 Å². The number of nitrogens with one attached hydrogen (secondary N) is 2. The molecule has 1 aliphatic heterocycles. The van der Waals surface area contributed by atoms with Gasteiger partial charge in [0.05, 0.1) is 18.2 Å². The second-order valence-corrected chi connectivity index (χ2v) is 9.28. The van der Waals surface area contributed by atoms with E-state index in [1.165, 1.54) is 0 Å². The van der Waals surface area contributed by atoms with E-state index in [0.717, 1.165) is 11.3 Å². The first kappa shape index (κ1) is 22.3. The van der Waals surface area contributed by atoms with Gasteiger partial charge in [-0.2, -0.15) is 0 Å². The second-order valence-electron chi connectivity index (χ2n) is 8.83. The number of hydrogen-bond acceptors (Lipinski definition) is 5. The summed E-state index contributed by atoms with van der Waals surface area (Å²) in [4.78, 5) is 17.2. The van der Waals surface area contributed by atoms with Gasteiger partial charge in [0.2, 0.25) is 5.78 Å². The first-order chi connectivity index (χ1) is 16.2. The average Bonchev–Trinajstić information content (AvgIpc) is 3.17. The summed E-state index contributed by atoms with van der Waals surface area (Å²) >= 11 is 4.58. The topological polar surface area (TPSA) is 108 Å². The number of rotatable bonds is 4. The smallest absolute Gasteiger partial charge is 0.307 e. The first-order valence-electron chi connectivity index (χ1n) is 11.0. The number of carbonyl (C=O) groups excluding carboxylic acids is 1. The standard InChI is InChI=1S/C26H25N3O4S/c1-14(2)15-7-12-18-21(13-15)33-26(31)19-5-4-6-20(27)22(19)23(30)25(18,26)29-24(34)28-16-8-10-17(32-3)11-9-16/h4-14,31H,27H2,1-3H3,(H2,28,29,34)/p+1. The van der Waals surface area contributed by atoms with Crippen molar-refractivity contribution in [3.8, 4) is 11.5 Å². The van der Waals surface area contributed by atoms with Crippen molar-refractivity contribution in [2.75, 3.05) is 18.2 Å². The van der Waals surface area contributed by atoms with Crippen LogP contribution in [0.25, 0.3) is 0 Å². The van der Waals surface area contributed by atoms with Gasteiger partial charge in [-0.15, -0.1) is 0 Å². The molecule has 0 radical (unpaired) electrons. The van der Waals surface area contributed by atoms with Crippen LogP contribution < -0.4 is 25.5 Å². The number of amidine groups is 1. The third-order valence-corrected chi connectivity index (χ3v) is 6.75. The van der Waals surface area contributed by atoms with Gasteiger partial charge in [0.25, 0.3) is 11.3 Å². The Hall–Kier alpha value is -3.49. The van der Waals surface area contributed by atoms with Crippen molar-refractivity contribution in [1.29, 1.82) is 0 Å². The highest BCUT2D eigenvalue weighted by atomic mass is 32.1. The molecule has 0 saturated carbocycles. The van der Waals surface area contributed by atoms with E-state index in [9.17, 15) is 9.90 Å². The molecule has 5 rings (SSSR count). The summed E-state index contributed by atoms with van der Waals surface area (Å²) < 4.78 is 11.4. The number of methoxy groups -OCH3 is 1. The van der Waals surface area contributed by atoms with E-state index in [-0.39, 0.29) is 28.1 Å². The van der Waals surface area contributed by atoms with Crippen molar-refractivity contribution in [3.05, 3.63) is 82.9 Å². The molecular weight excluding hydrogens is 450 g/mol. The minimum Gasteiger partial charge on any atom is -0.497 e. The highest BCUT2D eigenvalue weighted by Gasteiger charge is 2.74. The summed E-state index contributed by atoms with van der Waals surface area (Å²) in [7, 11) is 1.59. The molecule has 7 nitrogen and oxygen atoms in total. The van der Waals surface area contributed by atoms with E-state index in [1.807, 2.05) is 30.3 Å². The molecule has 1 heterocycles. The maximum atomic E-state index is 14.0. The molecule has 0 spiro atoms. The lowest BCUT2D eigenvalue weighted by Crippen LogP contribution is -2.91. The van der Waals surface area contributed by atoms with E-state index in [2.05, 4.69) is 36.8 Å². The number of hydrogen-bond donors (Lipinski definition) is 5. The van der Waals surface area contributed by atoms with Gasteiger partial charge in [-0.25, -0.2) is 10.3 Å². The lowest BCUT2D eigenvalue weighted by molar-refractivity contribution is -0.579. The summed E-state index contributed by atoms with van der Waals surface area (Å²) in [5, 5.41) is 15.4. The lowest BCUT2D eigenvalue weighted by Gasteiger charge is -2.28. The van der Waals surface area contributed by atoms with Crippen LogP contribution in [-0.2, 0) is 11.3 Å². The van der Waals surface area contributed by atoms with Gasteiger partial charge in [-0.1, -0.05) is 44.7 Å². The molecule has 34 heavy (non-hydrogen) atoms. The third kappa shape index (κ3) is 3.02. The molecule has 0 fully saturated rings. The fourth-order valence-electron chi connectivity index (χ4n) is 4.77. The SMILES string of the molecule is COc1ccc(NC(S)=[NH+]C23C(=O)c4c(N)cccc4C2(O)Oc2cc(C(C)C)ccc23)cc1. The Morgan fingerprint density at radius 3 is 2.56 bits per heavy atom. The zero-order valence-electron chi connectivity index (χ0n) is 19.0. The van der Waals surface area contributed by atoms with Gasteiger partial charge in [0, 0.05) is 11.3 Å². The Bertz CT molecular complexity index is 1340. The molecule has 0 aromatic heterocycles. The van der Waals surface area contributed by atoms with Gasteiger partial charge in [0.15, 0.2) is 0 Å². The number of thiol groups is 1. The monoisotopic (exact) mass is 476 g/mol. The number of nitrogens with two attached hydrogens (primary N) is 1. The van der Waals surface area contributed by atoms with E-state index in [0.29, 0.717) is 22.6 Å². The number of ether oxygens (including phenoxy) is 2. The number of fused-ring (bicyclic) bond motifs is 5. The molecule has 8 heteroatoms. The largest absolute Gasteiger partial charge is 0.497 e. The van der Waals surface area contributed by atoms with Crippen molar-refractivity contribution < 1.29 is 24.4 Å². The summed E-state index contributed by atoms with van der Waals surface area (Å²) in [6, 6.07) is 17.9. The highest BCUT2D eigenvalue weighted by Crippen LogP contribution is 2.57. The molecule has 5 N–H and O–H groups in total. The molecule has 2 aliphatic rings. The fraction of sp³-hybridized carbons (Fsp3) is 0.231. The molecule has 0 saturated heterocycles. The molecule has 0 bridgehead atoms. The van der Waals surface area contributed by atoms with Crippen LogP contribution in [0.2, 0.25) is 0 Å². The van der Waals surface area contributed by atoms with Crippen LogP contribution in [0.15, 0.2) is 60.7 Å². The molecule has 174 valence electrons. The molecule has 2 atom stereocenters. The first-order valence-corrected chi connectivity index (χ1v) is 11.4. The number of anilines is 2. The van der Waals surface area contributed by atoms with Crippen molar-refractivity contribution in [2.24, 2.45) is 0 Å². The minimum absolute atomic E-state index is 0.238. The maximum Gasteiger partial charge on any atom is 0.307 e. The van der Waals surface area contributed by atoms with Crippen molar-refractivity contribution in [2.45, 2.75) is 31.1 Å². The van der Waals surface area contributed by atoms with Gasteiger partial charge in [-0.3, -0.25) is 4.79 Å². The van der Waals surface area contributed by atoms with Gasteiger partial charge in [0.1, 0.15) is 17.2 Å². The summed E-state index contributed by atoms with van der Waals surface area (Å²) in [5.41, 5.74) is 7.60. The fourth-order valence-corrected chi connectivity index (χ4v) is 5.06. The van der Waals surface area contributed by atoms with Crippen molar-refractivity contribution in [1.82, 2.24) is 0 Å².